The predicted molar refractivity (Wildman–Crippen MR) is 109 cm³/mol. The van der Waals surface area contributed by atoms with Crippen LogP contribution in [0.25, 0.3) is 0 Å². The number of ether oxygens (including phenoxy) is 1. The third-order valence-electron chi connectivity index (χ3n) is 5.29. The van der Waals surface area contributed by atoms with E-state index >= 15 is 0 Å². The van der Waals surface area contributed by atoms with E-state index in [4.69, 9.17) is 4.74 Å². The van der Waals surface area contributed by atoms with Gasteiger partial charge in [0.2, 0.25) is 5.91 Å². The lowest BCUT2D eigenvalue weighted by Crippen LogP contribution is -2.54. The SMILES string of the molecule is COc1ccccc1N1CCN(C(C)C(=O)NCCc2ccc(F)cc2)CC1. The average Bonchev–Trinajstić information content (AvgIpc) is 2.74. The van der Waals surface area contributed by atoms with Crippen molar-refractivity contribution in [3.05, 3.63) is 59.9 Å². The standard InChI is InChI=1S/C22H28FN3O2/c1-17(22(27)24-12-11-18-7-9-19(23)10-8-18)25-13-15-26(16-14-25)20-5-3-4-6-21(20)28-2/h3-10,17H,11-16H2,1-2H3,(H,24,27). The Morgan fingerprint density at radius 1 is 1.11 bits per heavy atom. The number of anilines is 1. The summed E-state index contributed by atoms with van der Waals surface area (Å²) in [5.41, 5.74) is 2.11. The molecule has 1 amide bonds. The fraction of sp³-hybridized carbons (Fsp3) is 0.409. The molecular formula is C22H28FN3O2. The number of halogens is 1. The molecule has 0 aliphatic carbocycles. The first-order valence-electron chi connectivity index (χ1n) is 9.72. The van der Waals surface area contributed by atoms with Crippen molar-refractivity contribution in [1.29, 1.82) is 0 Å². The molecule has 1 aliphatic heterocycles. The van der Waals surface area contributed by atoms with Crippen molar-refractivity contribution in [2.45, 2.75) is 19.4 Å². The molecule has 2 aromatic rings. The van der Waals surface area contributed by atoms with Gasteiger partial charge in [-0.05, 0) is 43.2 Å². The molecule has 28 heavy (non-hydrogen) atoms. The lowest BCUT2D eigenvalue weighted by atomic mass is 10.1. The molecular weight excluding hydrogens is 357 g/mol. The summed E-state index contributed by atoms with van der Waals surface area (Å²) in [6.45, 7) is 5.86. The van der Waals surface area contributed by atoms with E-state index in [-0.39, 0.29) is 17.8 Å². The van der Waals surface area contributed by atoms with E-state index in [1.165, 1.54) is 12.1 Å². The van der Waals surface area contributed by atoms with E-state index in [1.807, 2.05) is 25.1 Å². The number of para-hydroxylation sites is 2. The molecule has 5 nitrogen and oxygen atoms in total. The lowest BCUT2D eigenvalue weighted by molar-refractivity contribution is -0.125. The molecule has 6 heteroatoms. The van der Waals surface area contributed by atoms with Crippen molar-refractivity contribution in [3.63, 3.8) is 0 Å². The minimum absolute atomic E-state index is 0.0350. The number of rotatable bonds is 7. The van der Waals surface area contributed by atoms with Gasteiger partial charge in [0.05, 0.1) is 18.8 Å². The van der Waals surface area contributed by atoms with Crippen molar-refractivity contribution < 1.29 is 13.9 Å². The predicted octanol–water partition coefficient (Wildman–Crippen LogP) is 2.70. The lowest BCUT2D eigenvalue weighted by Gasteiger charge is -2.38. The van der Waals surface area contributed by atoms with Crippen LogP contribution in [0.4, 0.5) is 10.1 Å². The van der Waals surface area contributed by atoms with E-state index < -0.39 is 0 Å². The molecule has 2 aromatic carbocycles. The number of piperazine rings is 1. The van der Waals surface area contributed by atoms with Crippen LogP contribution in [0.2, 0.25) is 0 Å². The number of benzene rings is 2. The summed E-state index contributed by atoms with van der Waals surface area (Å²) < 4.78 is 18.4. The maximum atomic E-state index is 12.9. The second-order valence-electron chi connectivity index (χ2n) is 7.04. The zero-order valence-electron chi connectivity index (χ0n) is 16.5. The molecule has 3 rings (SSSR count). The first-order valence-corrected chi connectivity index (χ1v) is 9.72. The van der Waals surface area contributed by atoms with Crippen LogP contribution in [0.1, 0.15) is 12.5 Å². The number of nitrogens with one attached hydrogen (secondary N) is 1. The summed E-state index contributed by atoms with van der Waals surface area (Å²) >= 11 is 0. The van der Waals surface area contributed by atoms with Gasteiger partial charge in [0.15, 0.2) is 0 Å². The van der Waals surface area contributed by atoms with Gasteiger partial charge in [-0.25, -0.2) is 4.39 Å². The molecule has 1 aliphatic rings. The second kappa shape index (κ2) is 9.55. The molecule has 0 spiro atoms. The average molecular weight is 385 g/mol. The number of hydrogen-bond donors (Lipinski definition) is 1. The largest absolute Gasteiger partial charge is 0.495 e. The molecule has 1 heterocycles. The van der Waals surface area contributed by atoms with E-state index in [0.717, 1.165) is 43.2 Å². The second-order valence-corrected chi connectivity index (χ2v) is 7.04. The maximum Gasteiger partial charge on any atom is 0.237 e. The fourth-order valence-electron chi connectivity index (χ4n) is 3.54. The molecule has 0 radical (unpaired) electrons. The number of carbonyl (C=O) groups is 1. The minimum Gasteiger partial charge on any atom is -0.495 e. The third kappa shape index (κ3) is 5.01. The number of amides is 1. The summed E-state index contributed by atoms with van der Waals surface area (Å²) in [4.78, 5) is 17.0. The first-order chi connectivity index (χ1) is 13.6. The molecule has 1 saturated heterocycles. The van der Waals surface area contributed by atoms with Gasteiger partial charge >= 0.3 is 0 Å². The van der Waals surface area contributed by atoms with Gasteiger partial charge in [0.1, 0.15) is 11.6 Å². The maximum absolute atomic E-state index is 12.9. The topological polar surface area (TPSA) is 44.8 Å². The molecule has 150 valence electrons. The Morgan fingerprint density at radius 3 is 2.46 bits per heavy atom. The van der Waals surface area contributed by atoms with Gasteiger partial charge in [-0.1, -0.05) is 24.3 Å². The molecule has 0 bridgehead atoms. The summed E-state index contributed by atoms with van der Waals surface area (Å²) in [5.74, 6) is 0.670. The van der Waals surface area contributed by atoms with Crippen LogP contribution < -0.4 is 15.0 Å². The van der Waals surface area contributed by atoms with Gasteiger partial charge < -0.3 is 15.0 Å². The van der Waals surface area contributed by atoms with Gasteiger partial charge in [0, 0.05) is 32.7 Å². The zero-order chi connectivity index (χ0) is 19.9. The van der Waals surface area contributed by atoms with Crippen LogP contribution in [0.5, 0.6) is 5.75 Å². The number of nitrogens with zero attached hydrogens (tertiary/aromatic N) is 2. The van der Waals surface area contributed by atoms with Gasteiger partial charge in [-0.15, -0.1) is 0 Å². The third-order valence-corrected chi connectivity index (χ3v) is 5.29. The Balaban J connectivity index is 1.45. The van der Waals surface area contributed by atoms with Crippen molar-refractivity contribution in [2.75, 3.05) is 44.7 Å². The van der Waals surface area contributed by atoms with E-state index in [9.17, 15) is 9.18 Å². The highest BCUT2D eigenvalue weighted by Gasteiger charge is 2.26. The highest BCUT2D eigenvalue weighted by Crippen LogP contribution is 2.28. The Hall–Kier alpha value is -2.60. The fourth-order valence-corrected chi connectivity index (χ4v) is 3.54. The van der Waals surface area contributed by atoms with Crippen LogP contribution in [-0.4, -0.2) is 56.7 Å². The van der Waals surface area contributed by atoms with Crippen LogP contribution in [-0.2, 0) is 11.2 Å². The van der Waals surface area contributed by atoms with Gasteiger partial charge in [-0.2, -0.15) is 0 Å². The quantitative estimate of drug-likeness (QED) is 0.796. The van der Waals surface area contributed by atoms with E-state index in [2.05, 4.69) is 21.2 Å². The van der Waals surface area contributed by atoms with E-state index in [0.29, 0.717) is 13.0 Å². The minimum atomic E-state index is -0.242. The van der Waals surface area contributed by atoms with Gasteiger partial charge in [-0.3, -0.25) is 9.69 Å². The van der Waals surface area contributed by atoms with Crippen LogP contribution >= 0.6 is 0 Å². The normalized spacial score (nSPS) is 15.9. The Bertz CT molecular complexity index is 774. The monoisotopic (exact) mass is 385 g/mol. The van der Waals surface area contributed by atoms with Crippen LogP contribution in [0, 0.1) is 5.82 Å². The Morgan fingerprint density at radius 2 is 1.79 bits per heavy atom. The van der Waals surface area contributed by atoms with E-state index in [1.54, 1.807) is 19.2 Å². The summed E-state index contributed by atoms with van der Waals surface area (Å²) in [7, 11) is 1.69. The number of methoxy groups -OCH3 is 1. The highest BCUT2D eigenvalue weighted by atomic mass is 19.1. The molecule has 1 atom stereocenters. The number of hydrogen-bond acceptors (Lipinski definition) is 4. The van der Waals surface area contributed by atoms with Crippen LogP contribution in [0.3, 0.4) is 0 Å². The van der Waals surface area contributed by atoms with Crippen molar-refractivity contribution >= 4 is 11.6 Å². The van der Waals surface area contributed by atoms with Crippen molar-refractivity contribution in [3.8, 4) is 5.75 Å². The molecule has 0 aromatic heterocycles. The highest BCUT2D eigenvalue weighted by molar-refractivity contribution is 5.81. The van der Waals surface area contributed by atoms with Crippen molar-refractivity contribution in [1.82, 2.24) is 10.2 Å². The molecule has 1 N–H and O–H groups in total. The first kappa shape index (κ1) is 20.1. The summed E-state index contributed by atoms with van der Waals surface area (Å²) in [5, 5.41) is 3.00. The van der Waals surface area contributed by atoms with Crippen LogP contribution in [0.15, 0.2) is 48.5 Å². The summed E-state index contributed by atoms with van der Waals surface area (Å²) in [6.07, 6.45) is 0.695. The van der Waals surface area contributed by atoms with Crippen molar-refractivity contribution in [2.24, 2.45) is 0 Å². The summed E-state index contributed by atoms with van der Waals surface area (Å²) in [6, 6.07) is 14.2. The molecule has 0 saturated carbocycles. The molecule has 1 fully saturated rings. The number of carbonyl (C=O) groups excluding carboxylic acids is 1. The molecule has 1 unspecified atom stereocenters. The Kier molecular flexibility index (Phi) is 6.87. The van der Waals surface area contributed by atoms with Gasteiger partial charge in [0.25, 0.3) is 0 Å². The zero-order valence-corrected chi connectivity index (χ0v) is 16.5. The Labute approximate surface area is 166 Å². The smallest absolute Gasteiger partial charge is 0.237 e.